The van der Waals surface area contributed by atoms with Crippen LogP contribution in [0, 0.1) is 12.7 Å². The molecule has 3 aliphatic rings. The Morgan fingerprint density at radius 3 is 2.83 bits per heavy atom. The zero-order valence-electron chi connectivity index (χ0n) is 27.0. The molecule has 0 saturated carbocycles. The first-order chi connectivity index (χ1) is 22.2. The van der Waals surface area contributed by atoms with Gasteiger partial charge >= 0.3 is 0 Å². The van der Waals surface area contributed by atoms with E-state index in [1.54, 1.807) is 35.6 Å². The molecule has 1 unspecified atom stereocenters. The molecular weight excluding hydrogens is 587 g/mol. The molecule has 0 spiro atoms. The number of carbonyl (C=O) groups excluding carboxylic acids is 1. The second-order valence-corrected chi connectivity index (χ2v) is 11.4. The Balaban J connectivity index is 1.37. The Labute approximate surface area is 269 Å². The third kappa shape index (κ3) is 7.28. The summed E-state index contributed by atoms with van der Waals surface area (Å²) in [6.07, 6.45) is 14.0. The Kier molecular flexibility index (Phi) is 10.2. The summed E-state index contributed by atoms with van der Waals surface area (Å²) in [5.41, 5.74) is 1.64. The lowest BCUT2D eigenvalue weighted by molar-refractivity contribution is -0.129. The van der Waals surface area contributed by atoms with Crippen molar-refractivity contribution in [3.8, 4) is 5.75 Å². The van der Waals surface area contributed by atoms with Gasteiger partial charge < -0.3 is 29.5 Å². The van der Waals surface area contributed by atoms with Gasteiger partial charge in [0.2, 0.25) is 5.91 Å². The molecule has 1 aromatic heterocycles. The average molecular weight is 629 g/mol. The van der Waals surface area contributed by atoms with E-state index in [9.17, 15) is 4.79 Å². The van der Waals surface area contributed by atoms with Crippen LogP contribution >= 0.6 is 0 Å². The molecule has 0 bridgehead atoms. The van der Waals surface area contributed by atoms with Crippen molar-refractivity contribution in [3.63, 3.8) is 0 Å². The highest BCUT2D eigenvalue weighted by Gasteiger charge is 2.35. The van der Waals surface area contributed by atoms with Crippen molar-refractivity contribution >= 4 is 35.5 Å². The molecule has 1 amide bonds. The summed E-state index contributed by atoms with van der Waals surface area (Å²) in [4.78, 5) is 27.7. The maximum atomic E-state index is 15.5. The molecule has 2 aromatic rings. The number of nitrogens with zero attached hydrogens (tertiary/aromatic N) is 7. The summed E-state index contributed by atoms with van der Waals surface area (Å²) < 4.78 is 27.9. The molecule has 4 heterocycles. The van der Waals surface area contributed by atoms with Crippen LogP contribution < -0.4 is 20.6 Å². The van der Waals surface area contributed by atoms with Crippen molar-refractivity contribution in [1.82, 2.24) is 29.7 Å². The maximum absolute atomic E-state index is 15.5. The molecule has 12 heteroatoms. The van der Waals surface area contributed by atoms with Gasteiger partial charge in [-0.2, -0.15) is 5.10 Å². The normalized spacial score (nSPS) is 20.0. The van der Waals surface area contributed by atoms with Crippen molar-refractivity contribution in [2.24, 2.45) is 5.10 Å². The van der Waals surface area contributed by atoms with Crippen LogP contribution in [0.2, 0.25) is 0 Å². The number of piperazine rings is 1. The van der Waals surface area contributed by atoms with E-state index in [1.807, 2.05) is 62.9 Å². The lowest BCUT2D eigenvalue weighted by atomic mass is 10.1. The number of morpholine rings is 1. The Morgan fingerprint density at radius 2 is 2.11 bits per heavy atom. The number of hydrazone groups is 1. The number of carbonyl (C=O) groups is 1. The monoisotopic (exact) mass is 628 g/mol. The van der Waals surface area contributed by atoms with E-state index in [-0.39, 0.29) is 17.6 Å². The number of hydrogen-bond donors (Lipinski definition) is 1. The van der Waals surface area contributed by atoms with Crippen LogP contribution in [0.1, 0.15) is 19.4 Å². The van der Waals surface area contributed by atoms with Gasteiger partial charge in [-0.3, -0.25) is 9.80 Å². The second kappa shape index (κ2) is 14.4. The number of benzene rings is 1. The van der Waals surface area contributed by atoms with Gasteiger partial charge in [0.1, 0.15) is 36.1 Å². The largest absolute Gasteiger partial charge is 0.488 e. The minimum Gasteiger partial charge on any atom is -0.488 e. The lowest BCUT2D eigenvalue weighted by Crippen LogP contribution is -2.58. The van der Waals surface area contributed by atoms with Crippen LogP contribution in [0.5, 0.6) is 5.75 Å². The fourth-order valence-corrected chi connectivity index (χ4v) is 5.47. The number of nitrogens with one attached hydrogen (secondary N) is 1. The summed E-state index contributed by atoms with van der Waals surface area (Å²) in [7, 11) is 3.92. The number of likely N-dealkylation sites (N-methyl/N-ethyl adjacent to an activating group) is 1. The smallest absolute Gasteiger partial charge is 0.246 e. The molecule has 1 atom stereocenters. The minimum atomic E-state index is -0.501. The first-order valence-electron chi connectivity index (χ1n) is 15.3. The summed E-state index contributed by atoms with van der Waals surface area (Å²) in [6, 6.07) is 3.00. The molecule has 0 radical (unpaired) electrons. The number of ether oxygens (including phenoxy) is 2. The van der Waals surface area contributed by atoms with Crippen LogP contribution in [0.25, 0.3) is 11.8 Å². The van der Waals surface area contributed by atoms with Crippen LogP contribution in [-0.4, -0.2) is 101 Å². The highest BCUT2D eigenvalue weighted by Crippen LogP contribution is 2.30. The van der Waals surface area contributed by atoms with Crippen LogP contribution in [-0.2, 0) is 9.53 Å². The molecule has 1 N–H and O–H groups in total. The number of anilines is 2. The molecule has 2 saturated heterocycles. The van der Waals surface area contributed by atoms with Gasteiger partial charge in [0.25, 0.3) is 0 Å². The fraction of sp³-hybridized carbons (Fsp3) is 0.353. The highest BCUT2D eigenvalue weighted by atomic mass is 19.1. The van der Waals surface area contributed by atoms with Crippen molar-refractivity contribution in [2.45, 2.75) is 26.8 Å². The molecule has 242 valence electrons. The van der Waals surface area contributed by atoms with Crippen molar-refractivity contribution in [2.75, 3.05) is 58.7 Å². The lowest BCUT2D eigenvalue weighted by Gasteiger charge is -2.46. The van der Waals surface area contributed by atoms with E-state index in [4.69, 9.17) is 9.47 Å². The number of rotatable bonds is 8. The molecular formula is C34H41FN8O3. The van der Waals surface area contributed by atoms with Crippen LogP contribution in [0.15, 0.2) is 72.1 Å². The quantitative estimate of drug-likeness (QED) is 0.350. The van der Waals surface area contributed by atoms with Crippen LogP contribution in [0.3, 0.4) is 0 Å². The third-order valence-corrected chi connectivity index (χ3v) is 7.83. The summed E-state index contributed by atoms with van der Waals surface area (Å²) >= 11 is 0. The van der Waals surface area contributed by atoms with E-state index in [0.29, 0.717) is 78.7 Å². The Morgan fingerprint density at radius 1 is 1.28 bits per heavy atom. The predicted molar refractivity (Wildman–Crippen MR) is 178 cm³/mol. The van der Waals surface area contributed by atoms with Gasteiger partial charge in [0.15, 0.2) is 5.76 Å². The minimum absolute atomic E-state index is 0.0123. The van der Waals surface area contributed by atoms with E-state index < -0.39 is 5.82 Å². The summed E-state index contributed by atoms with van der Waals surface area (Å²) in [5.74, 6) is 1.42. The predicted octanol–water partition coefficient (Wildman–Crippen LogP) is 2.85. The molecule has 46 heavy (non-hydrogen) atoms. The number of aryl methyl sites for hydroxylation is 1. The van der Waals surface area contributed by atoms with Crippen molar-refractivity contribution in [3.05, 3.63) is 88.9 Å². The third-order valence-electron chi connectivity index (χ3n) is 7.83. The number of aromatic nitrogens is 2. The van der Waals surface area contributed by atoms with Gasteiger partial charge in [0, 0.05) is 50.7 Å². The molecule has 1 aromatic carbocycles. The zero-order chi connectivity index (χ0) is 32.8. The number of allylic oxidation sites excluding steroid dienone is 1. The number of amides is 1. The second-order valence-electron chi connectivity index (χ2n) is 11.4. The fourth-order valence-electron chi connectivity index (χ4n) is 5.47. The summed E-state index contributed by atoms with van der Waals surface area (Å²) in [5, 5.41) is 10.4. The SMILES string of the molecule is C=C1/C(=c2/c(Nc3cc(C)c(OC4=CCN(/N=C\C)C=C4)cc3F)ncn/c2=C/C)OCC2CN(C(=O)/C=C/CN(C)C)CCN12. The number of halogens is 1. The molecule has 2 fully saturated rings. The standard InChI is InChI=1S/C34H41FN8O3/c1-7-28-32(33-24(4)43-17-16-41(20-25(43)21-45-33)31(44)10-9-13-40(5)6)34(37-22-36-28)39-29-18-23(3)30(19-27(29)35)46-26-11-14-42(15-12-26)38-8-2/h7-12,14,18-19,22,25H,4,13,15-17,20-21H2,1-3,5-6H3,(H,36,37,39)/b10-9+,28-7+,33-32-,38-8-. The maximum Gasteiger partial charge on any atom is 0.246 e. The molecule has 3 aliphatic heterocycles. The van der Waals surface area contributed by atoms with Crippen molar-refractivity contribution < 1.29 is 18.7 Å². The van der Waals surface area contributed by atoms with E-state index in [0.717, 1.165) is 5.56 Å². The van der Waals surface area contributed by atoms with E-state index in [1.165, 1.54) is 12.4 Å². The highest BCUT2D eigenvalue weighted by molar-refractivity contribution is 5.87. The average Bonchev–Trinajstić information content (AvgIpc) is 3.04. The van der Waals surface area contributed by atoms with Crippen LogP contribution in [0.4, 0.5) is 15.9 Å². The Bertz CT molecular complexity index is 1730. The van der Waals surface area contributed by atoms with Gasteiger partial charge in [-0.05, 0) is 58.6 Å². The number of hydrogen-bond acceptors (Lipinski definition) is 10. The van der Waals surface area contributed by atoms with Gasteiger partial charge in [0.05, 0.1) is 34.5 Å². The van der Waals surface area contributed by atoms with E-state index in [2.05, 4.69) is 31.9 Å². The molecule has 5 rings (SSSR count). The number of fused-ring (bicyclic) bond motifs is 1. The molecule has 11 nitrogen and oxygen atoms in total. The Hall–Kier alpha value is -4.97. The molecule has 0 aliphatic carbocycles. The van der Waals surface area contributed by atoms with Gasteiger partial charge in [-0.15, -0.1) is 0 Å². The van der Waals surface area contributed by atoms with E-state index >= 15 is 4.39 Å². The topological polar surface area (TPSA) is 98.7 Å². The first kappa shape index (κ1) is 32.4. The first-order valence-corrected chi connectivity index (χ1v) is 15.3. The van der Waals surface area contributed by atoms with Gasteiger partial charge in [-0.25, -0.2) is 14.4 Å². The summed E-state index contributed by atoms with van der Waals surface area (Å²) in [6.45, 7) is 13.2. The van der Waals surface area contributed by atoms with Crippen molar-refractivity contribution in [1.29, 1.82) is 0 Å². The van der Waals surface area contributed by atoms with Gasteiger partial charge in [-0.1, -0.05) is 18.7 Å². The zero-order valence-corrected chi connectivity index (χ0v) is 27.0.